The lowest BCUT2D eigenvalue weighted by Crippen LogP contribution is -2.32. The molecular formula is C14H21N3O2. The Hall–Kier alpha value is -1.62. The maximum absolute atomic E-state index is 12.2. The number of hydrogen-bond donors (Lipinski definition) is 2. The van der Waals surface area contributed by atoms with Gasteiger partial charge >= 0.3 is 0 Å². The van der Waals surface area contributed by atoms with Gasteiger partial charge in [-0.1, -0.05) is 0 Å². The lowest BCUT2D eigenvalue weighted by Gasteiger charge is -2.15. The van der Waals surface area contributed by atoms with E-state index in [4.69, 9.17) is 4.74 Å². The second kappa shape index (κ2) is 6.52. The minimum absolute atomic E-state index is 0.0804. The highest BCUT2D eigenvalue weighted by Crippen LogP contribution is 2.19. The molecule has 1 saturated heterocycles. The quantitative estimate of drug-likeness (QED) is 0.848. The van der Waals surface area contributed by atoms with Gasteiger partial charge in [0.2, 0.25) is 0 Å². The standard InChI is InChI=1S/C14H21N3O2/c1-3-15-13-12(5-4-7-16-13)14(18)17-9-11-6-8-19-10(11)2/h4-5,7,10-11H,3,6,8-9H2,1-2H3,(H,15,16)(H,17,18). The Kier molecular flexibility index (Phi) is 4.74. The van der Waals surface area contributed by atoms with Crippen molar-refractivity contribution < 1.29 is 9.53 Å². The van der Waals surface area contributed by atoms with E-state index in [1.165, 1.54) is 0 Å². The molecule has 1 aromatic heterocycles. The van der Waals surface area contributed by atoms with E-state index in [0.29, 0.717) is 23.8 Å². The molecule has 5 heteroatoms. The third-order valence-corrected chi connectivity index (χ3v) is 3.45. The Morgan fingerprint density at radius 3 is 3.11 bits per heavy atom. The average Bonchev–Trinajstić information content (AvgIpc) is 2.82. The first kappa shape index (κ1) is 13.8. The van der Waals surface area contributed by atoms with Gasteiger partial charge < -0.3 is 15.4 Å². The van der Waals surface area contributed by atoms with E-state index in [9.17, 15) is 4.79 Å². The van der Waals surface area contributed by atoms with E-state index in [-0.39, 0.29) is 12.0 Å². The van der Waals surface area contributed by atoms with E-state index in [2.05, 4.69) is 22.5 Å². The van der Waals surface area contributed by atoms with Crippen LogP contribution in [0.4, 0.5) is 5.82 Å². The second-order valence-electron chi connectivity index (χ2n) is 4.76. The predicted molar refractivity (Wildman–Crippen MR) is 74.3 cm³/mol. The fourth-order valence-electron chi connectivity index (χ4n) is 2.26. The van der Waals surface area contributed by atoms with Crippen molar-refractivity contribution in [2.75, 3.05) is 25.0 Å². The van der Waals surface area contributed by atoms with Crippen LogP contribution in [-0.2, 0) is 4.74 Å². The number of carbonyl (C=O) groups is 1. The third kappa shape index (κ3) is 3.44. The second-order valence-corrected chi connectivity index (χ2v) is 4.76. The Morgan fingerprint density at radius 1 is 1.58 bits per heavy atom. The molecule has 2 atom stereocenters. The zero-order valence-electron chi connectivity index (χ0n) is 11.5. The Balaban J connectivity index is 1.95. The van der Waals surface area contributed by atoms with Crippen LogP contribution in [0.15, 0.2) is 18.3 Å². The van der Waals surface area contributed by atoms with Gasteiger partial charge in [0, 0.05) is 31.8 Å². The molecule has 1 aliphatic rings. The molecule has 2 heterocycles. The first-order chi connectivity index (χ1) is 9.22. The first-order valence-corrected chi connectivity index (χ1v) is 6.81. The van der Waals surface area contributed by atoms with Gasteiger partial charge in [0.25, 0.3) is 5.91 Å². The minimum atomic E-state index is -0.0804. The van der Waals surface area contributed by atoms with Gasteiger partial charge in [0.15, 0.2) is 0 Å². The van der Waals surface area contributed by atoms with Crippen molar-refractivity contribution in [2.45, 2.75) is 26.4 Å². The summed E-state index contributed by atoms with van der Waals surface area (Å²) in [5.41, 5.74) is 0.593. The van der Waals surface area contributed by atoms with Gasteiger partial charge in [0.1, 0.15) is 5.82 Å². The minimum Gasteiger partial charge on any atom is -0.378 e. The monoisotopic (exact) mass is 263 g/mol. The van der Waals surface area contributed by atoms with Gasteiger partial charge in [-0.15, -0.1) is 0 Å². The molecule has 0 radical (unpaired) electrons. The van der Waals surface area contributed by atoms with Gasteiger partial charge in [-0.3, -0.25) is 4.79 Å². The normalized spacial score (nSPS) is 22.2. The number of anilines is 1. The summed E-state index contributed by atoms with van der Waals surface area (Å²) >= 11 is 0. The van der Waals surface area contributed by atoms with Crippen molar-refractivity contribution in [3.05, 3.63) is 23.9 Å². The summed E-state index contributed by atoms with van der Waals surface area (Å²) in [7, 11) is 0. The van der Waals surface area contributed by atoms with E-state index >= 15 is 0 Å². The van der Waals surface area contributed by atoms with Crippen LogP contribution in [0, 0.1) is 5.92 Å². The molecule has 2 unspecified atom stereocenters. The predicted octanol–water partition coefficient (Wildman–Crippen LogP) is 1.67. The van der Waals surface area contributed by atoms with Crippen LogP contribution in [0.25, 0.3) is 0 Å². The van der Waals surface area contributed by atoms with Crippen molar-refractivity contribution in [2.24, 2.45) is 5.92 Å². The molecule has 1 aliphatic heterocycles. The fourth-order valence-corrected chi connectivity index (χ4v) is 2.26. The highest BCUT2D eigenvalue weighted by molar-refractivity contribution is 5.98. The number of pyridine rings is 1. The molecule has 1 amide bonds. The summed E-state index contributed by atoms with van der Waals surface area (Å²) in [5, 5.41) is 6.07. The zero-order chi connectivity index (χ0) is 13.7. The first-order valence-electron chi connectivity index (χ1n) is 6.81. The average molecular weight is 263 g/mol. The molecule has 0 saturated carbocycles. The van der Waals surface area contributed by atoms with E-state index in [1.807, 2.05) is 6.92 Å². The van der Waals surface area contributed by atoms with E-state index < -0.39 is 0 Å². The number of hydrogen-bond acceptors (Lipinski definition) is 4. The van der Waals surface area contributed by atoms with Crippen LogP contribution in [0.1, 0.15) is 30.6 Å². The lowest BCUT2D eigenvalue weighted by molar-refractivity contribution is 0.0908. The van der Waals surface area contributed by atoms with Crippen LogP contribution in [0.5, 0.6) is 0 Å². The number of aromatic nitrogens is 1. The summed E-state index contributed by atoms with van der Waals surface area (Å²) in [5.74, 6) is 0.963. The number of amides is 1. The molecule has 0 aromatic carbocycles. The van der Waals surface area contributed by atoms with E-state index in [0.717, 1.165) is 19.6 Å². The van der Waals surface area contributed by atoms with Crippen LogP contribution >= 0.6 is 0 Å². The fraction of sp³-hybridized carbons (Fsp3) is 0.571. The summed E-state index contributed by atoms with van der Waals surface area (Å²) in [6.45, 7) is 6.22. The number of nitrogens with one attached hydrogen (secondary N) is 2. The van der Waals surface area contributed by atoms with Crippen molar-refractivity contribution in [3.63, 3.8) is 0 Å². The Labute approximate surface area is 113 Å². The SMILES string of the molecule is CCNc1ncccc1C(=O)NCC1CCOC1C. The van der Waals surface area contributed by atoms with Crippen LogP contribution in [0.3, 0.4) is 0 Å². The summed E-state index contributed by atoms with van der Waals surface area (Å²) in [6, 6.07) is 3.56. The van der Waals surface area contributed by atoms with Crippen molar-refractivity contribution in [1.82, 2.24) is 10.3 Å². The molecule has 1 aromatic rings. The van der Waals surface area contributed by atoms with Crippen molar-refractivity contribution in [1.29, 1.82) is 0 Å². The summed E-state index contributed by atoms with van der Waals surface area (Å²) in [6.07, 6.45) is 2.92. The highest BCUT2D eigenvalue weighted by atomic mass is 16.5. The van der Waals surface area contributed by atoms with Gasteiger partial charge in [-0.05, 0) is 32.4 Å². The van der Waals surface area contributed by atoms with Crippen molar-refractivity contribution in [3.8, 4) is 0 Å². The topological polar surface area (TPSA) is 63.2 Å². The third-order valence-electron chi connectivity index (χ3n) is 3.45. The molecule has 2 N–H and O–H groups in total. The molecule has 19 heavy (non-hydrogen) atoms. The molecule has 0 spiro atoms. The van der Waals surface area contributed by atoms with Crippen LogP contribution in [-0.4, -0.2) is 36.7 Å². The van der Waals surface area contributed by atoms with Crippen molar-refractivity contribution >= 4 is 11.7 Å². The van der Waals surface area contributed by atoms with Gasteiger partial charge in [-0.2, -0.15) is 0 Å². The summed E-state index contributed by atoms with van der Waals surface area (Å²) in [4.78, 5) is 16.4. The molecule has 104 valence electrons. The maximum atomic E-state index is 12.2. The maximum Gasteiger partial charge on any atom is 0.255 e. The molecule has 2 rings (SSSR count). The Morgan fingerprint density at radius 2 is 2.42 bits per heavy atom. The highest BCUT2D eigenvalue weighted by Gasteiger charge is 2.24. The Bertz CT molecular complexity index is 436. The number of ether oxygens (including phenoxy) is 1. The molecule has 0 aliphatic carbocycles. The van der Waals surface area contributed by atoms with Gasteiger partial charge in [-0.25, -0.2) is 4.98 Å². The van der Waals surface area contributed by atoms with Crippen LogP contribution in [0.2, 0.25) is 0 Å². The largest absolute Gasteiger partial charge is 0.378 e. The number of rotatable bonds is 5. The van der Waals surface area contributed by atoms with E-state index in [1.54, 1.807) is 18.3 Å². The smallest absolute Gasteiger partial charge is 0.255 e. The molecular weight excluding hydrogens is 242 g/mol. The number of nitrogens with zero attached hydrogens (tertiary/aromatic N) is 1. The molecule has 5 nitrogen and oxygen atoms in total. The number of carbonyl (C=O) groups excluding carboxylic acids is 1. The molecule has 1 fully saturated rings. The van der Waals surface area contributed by atoms with Gasteiger partial charge in [0.05, 0.1) is 11.7 Å². The lowest BCUT2D eigenvalue weighted by atomic mass is 10.0. The summed E-state index contributed by atoms with van der Waals surface area (Å²) < 4.78 is 5.49. The zero-order valence-corrected chi connectivity index (χ0v) is 11.5. The molecule has 0 bridgehead atoms. The van der Waals surface area contributed by atoms with Crippen LogP contribution < -0.4 is 10.6 Å².